The van der Waals surface area contributed by atoms with E-state index in [4.69, 9.17) is 10.5 Å². The molecule has 0 aromatic heterocycles. The number of rotatable bonds is 3. The monoisotopic (exact) mass is 343 g/mol. The van der Waals surface area contributed by atoms with Crippen molar-refractivity contribution in [3.63, 3.8) is 0 Å². The quantitative estimate of drug-likeness (QED) is 0.879. The maximum Gasteiger partial charge on any atom is 0.253 e. The molecule has 1 aromatic carbocycles. The molecule has 1 spiro atoms. The number of carbonyl (C=O) groups is 2. The zero-order valence-corrected chi connectivity index (χ0v) is 14.6. The van der Waals surface area contributed by atoms with E-state index in [0.29, 0.717) is 18.6 Å². The lowest BCUT2D eigenvalue weighted by atomic mass is 9.95. The third-order valence-electron chi connectivity index (χ3n) is 5.93. The molecule has 1 atom stereocenters. The fraction of sp³-hybridized carbons (Fsp3) is 0.579. The number of hydrogen-bond donors (Lipinski definition) is 2. The second-order valence-electron chi connectivity index (χ2n) is 7.89. The van der Waals surface area contributed by atoms with Crippen LogP contribution in [0.25, 0.3) is 0 Å². The van der Waals surface area contributed by atoms with Gasteiger partial charge in [-0.25, -0.2) is 0 Å². The van der Waals surface area contributed by atoms with Gasteiger partial charge in [0.25, 0.3) is 5.91 Å². The van der Waals surface area contributed by atoms with Crippen molar-refractivity contribution in [2.45, 2.75) is 44.6 Å². The van der Waals surface area contributed by atoms with Gasteiger partial charge in [-0.2, -0.15) is 0 Å². The van der Waals surface area contributed by atoms with Crippen molar-refractivity contribution in [1.29, 1.82) is 0 Å². The van der Waals surface area contributed by atoms with Crippen LogP contribution in [0.5, 0.6) is 0 Å². The van der Waals surface area contributed by atoms with Crippen molar-refractivity contribution in [3.05, 3.63) is 23.8 Å². The lowest BCUT2D eigenvalue weighted by molar-refractivity contribution is -0.125. The number of benzene rings is 1. The Labute approximate surface area is 147 Å². The molecule has 3 fully saturated rings. The van der Waals surface area contributed by atoms with Crippen LogP contribution in [0.15, 0.2) is 18.2 Å². The fourth-order valence-electron chi connectivity index (χ4n) is 4.20. The van der Waals surface area contributed by atoms with E-state index in [2.05, 4.69) is 5.32 Å². The van der Waals surface area contributed by atoms with Crippen molar-refractivity contribution in [2.75, 3.05) is 30.0 Å². The topological polar surface area (TPSA) is 84.7 Å². The molecule has 1 heterocycles. The number of nitrogens with zero attached hydrogens (tertiary/aromatic N) is 1. The van der Waals surface area contributed by atoms with E-state index in [9.17, 15) is 9.59 Å². The molecule has 3 aliphatic rings. The molecule has 2 saturated carbocycles. The molecule has 1 aliphatic heterocycles. The highest BCUT2D eigenvalue weighted by molar-refractivity contribution is 5.99. The molecular weight excluding hydrogens is 318 g/mol. The molecule has 6 nitrogen and oxygen atoms in total. The number of nitrogens with one attached hydrogen (secondary N) is 1. The van der Waals surface area contributed by atoms with Gasteiger partial charge in [-0.1, -0.05) is 0 Å². The second kappa shape index (κ2) is 5.81. The maximum absolute atomic E-state index is 12.7. The average molecular weight is 343 g/mol. The third kappa shape index (κ3) is 3.04. The summed E-state index contributed by atoms with van der Waals surface area (Å²) in [5.74, 6) is -0.126. The van der Waals surface area contributed by atoms with Gasteiger partial charge in [-0.05, 0) is 68.2 Å². The van der Waals surface area contributed by atoms with Crippen LogP contribution in [0.3, 0.4) is 0 Å². The summed E-state index contributed by atoms with van der Waals surface area (Å²) in [5.41, 5.74) is 8.54. The summed E-state index contributed by atoms with van der Waals surface area (Å²) in [6, 6.07) is 5.63. The Kier molecular flexibility index (Phi) is 3.85. The third-order valence-corrected chi connectivity index (χ3v) is 5.93. The molecule has 0 bridgehead atoms. The molecule has 134 valence electrons. The van der Waals surface area contributed by atoms with Gasteiger partial charge in [0.15, 0.2) is 0 Å². The van der Waals surface area contributed by atoms with E-state index in [0.717, 1.165) is 36.2 Å². The summed E-state index contributed by atoms with van der Waals surface area (Å²) in [6.07, 6.45) is 5.04. The van der Waals surface area contributed by atoms with Gasteiger partial charge in [0, 0.05) is 17.9 Å². The number of morpholine rings is 1. The summed E-state index contributed by atoms with van der Waals surface area (Å²) in [4.78, 5) is 26.4. The molecule has 1 unspecified atom stereocenters. The lowest BCUT2D eigenvalue weighted by Crippen LogP contribution is -2.49. The molecule has 3 N–H and O–H groups in total. The number of aryl methyl sites for hydroxylation is 1. The van der Waals surface area contributed by atoms with Gasteiger partial charge in [0.2, 0.25) is 5.91 Å². The maximum atomic E-state index is 12.7. The number of nitrogens with two attached hydrogens (primary N) is 1. The smallest absolute Gasteiger partial charge is 0.253 e. The van der Waals surface area contributed by atoms with Crippen LogP contribution in [0.4, 0.5) is 11.4 Å². The first-order valence-electron chi connectivity index (χ1n) is 9.00. The van der Waals surface area contributed by atoms with Gasteiger partial charge >= 0.3 is 0 Å². The Morgan fingerprint density at radius 2 is 2.04 bits per heavy atom. The normalized spacial score (nSPS) is 27.6. The van der Waals surface area contributed by atoms with Crippen LogP contribution in [0.2, 0.25) is 0 Å². The van der Waals surface area contributed by atoms with E-state index >= 15 is 0 Å². The minimum atomic E-state index is -0.747. The van der Waals surface area contributed by atoms with Crippen molar-refractivity contribution in [2.24, 2.45) is 11.1 Å². The molecule has 0 radical (unpaired) electrons. The standard InChI is InChI=1S/C19H25N3O3/c1-13-10-14(2-3-15(13)22-8-9-25-11-16(22)23)21-17(24)19(20)7-6-18(12-19)4-5-18/h2-3,10H,4-9,11-12,20H2,1H3,(H,21,24). The minimum Gasteiger partial charge on any atom is -0.370 e. The molecule has 25 heavy (non-hydrogen) atoms. The molecular formula is C19H25N3O3. The molecule has 1 aromatic rings. The lowest BCUT2D eigenvalue weighted by Gasteiger charge is -2.28. The molecule has 4 rings (SSSR count). The van der Waals surface area contributed by atoms with Crippen molar-refractivity contribution < 1.29 is 14.3 Å². The summed E-state index contributed by atoms with van der Waals surface area (Å²) in [5, 5.41) is 2.98. The first-order valence-corrected chi connectivity index (χ1v) is 9.00. The highest BCUT2D eigenvalue weighted by Gasteiger charge is 2.55. The van der Waals surface area contributed by atoms with Gasteiger partial charge in [0.05, 0.1) is 12.1 Å². The summed E-state index contributed by atoms with van der Waals surface area (Å²) < 4.78 is 5.18. The predicted octanol–water partition coefficient (Wildman–Crippen LogP) is 1.96. The summed E-state index contributed by atoms with van der Waals surface area (Å²) >= 11 is 0. The van der Waals surface area contributed by atoms with Crippen LogP contribution >= 0.6 is 0 Å². The van der Waals surface area contributed by atoms with Crippen LogP contribution in [0.1, 0.15) is 37.7 Å². The number of anilines is 2. The molecule has 6 heteroatoms. The Bertz CT molecular complexity index is 729. The highest BCUT2D eigenvalue weighted by Crippen LogP contribution is 2.60. The average Bonchev–Trinajstić information content (AvgIpc) is 3.24. The Balaban J connectivity index is 1.47. The zero-order valence-electron chi connectivity index (χ0n) is 14.6. The van der Waals surface area contributed by atoms with Crippen LogP contribution in [-0.4, -0.2) is 37.1 Å². The first-order chi connectivity index (χ1) is 11.9. The Morgan fingerprint density at radius 1 is 1.28 bits per heavy atom. The van der Waals surface area contributed by atoms with E-state index < -0.39 is 5.54 Å². The van der Waals surface area contributed by atoms with Crippen molar-refractivity contribution >= 4 is 23.2 Å². The molecule has 2 aliphatic carbocycles. The van der Waals surface area contributed by atoms with Gasteiger partial charge in [-0.15, -0.1) is 0 Å². The number of hydrogen-bond acceptors (Lipinski definition) is 4. The Hall–Kier alpha value is -1.92. The SMILES string of the molecule is Cc1cc(NC(=O)C2(N)CCC3(CC3)C2)ccc1N1CCOCC1=O. The van der Waals surface area contributed by atoms with E-state index in [-0.39, 0.29) is 18.4 Å². The van der Waals surface area contributed by atoms with E-state index in [1.165, 1.54) is 12.8 Å². The van der Waals surface area contributed by atoms with Crippen molar-refractivity contribution in [3.8, 4) is 0 Å². The molecule has 1 saturated heterocycles. The predicted molar refractivity (Wildman–Crippen MR) is 95.4 cm³/mol. The minimum absolute atomic E-state index is 0.0345. The zero-order chi connectivity index (χ0) is 17.7. The summed E-state index contributed by atoms with van der Waals surface area (Å²) in [7, 11) is 0. The van der Waals surface area contributed by atoms with Gasteiger partial charge in [-0.3, -0.25) is 9.59 Å². The largest absolute Gasteiger partial charge is 0.370 e. The number of ether oxygens (including phenoxy) is 1. The number of carbonyl (C=O) groups excluding carboxylic acids is 2. The van der Waals surface area contributed by atoms with E-state index in [1.54, 1.807) is 4.90 Å². The summed E-state index contributed by atoms with van der Waals surface area (Å²) in [6.45, 7) is 3.16. The van der Waals surface area contributed by atoms with Gasteiger partial charge in [0.1, 0.15) is 6.61 Å². The second-order valence-corrected chi connectivity index (χ2v) is 7.89. The molecule has 2 amide bonds. The first kappa shape index (κ1) is 16.5. The van der Waals surface area contributed by atoms with Crippen LogP contribution in [-0.2, 0) is 14.3 Å². The van der Waals surface area contributed by atoms with Crippen LogP contribution < -0.4 is 16.0 Å². The highest BCUT2D eigenvalue weighted by atomic mass is 16.5. The fourth-order valence-corrected chi connectivity index (χ4v) is 4.20. The van der Waals surface area contributed by atoms with Crippen molar-refractivity contribution in [1.82, 2.24) is 0 Å². The Morgan fingerprint density at radius 3 is 2.68 bits per heavy atom. The number of amides is 2. The van der Waals surface area contributed by atoms with Crippen LogP contribution in [0, 0.1) is 12.3 Å². The van der Waals surface area contributed by atoms with E-state index in [1.807, 2.05) is 25.1 Å². The van der Waals surface area contributed by atoms with Gasteiger partial charge < -0.3 is 20.7 Å².